The summed E-state index contributed by atoms with van der Waals surface area (Å²) in [6.45, 7) is 0.781. The molecule has 0 bridgehead atoms. The number of aromatic nitrogens is 2. The molecular formula is C16H17ClN2O2. The molecule has 21 heavy (non-hydrogen) atoms. The van der Waals surface area contributed by atoms with Crippen LogP contribution in [-0.2, 0) is 11.2 Å². The van der Waals surface area contributed by atoms with E-state index in [2.05, 4.69) is 11.2 Å². The number of carbonyl (C=O) groups is 1. The van der Waals surface area contributed by atoms with E-state index in [9.17, 15) is 4.79 Å². The Labute approximate surface area is 128 Å². The van der Waals surface area contributed by atoms with E-state index in [-0.39, 0.29) is 12.0 Å². The molecule has 1 aliphatic carbocycles. The van der Waals surface area contributed by atoms with Crippen LogP contribution in [0.4, 0.5) is 0 Å². The van der Waals surface area contributed by atoms with Crippen LogP contribution in [0.3, 0.4) is 0 Å². The molecule has 1 aliphatic heterocycles. The molecule has 0 N–H and O–H groups in total. The zero-order valence-electron chi connectivity index (χ0n) is 11.8. The predicted molar refractivity (Wildman–Crippen MR) is 80.9 cm³/mol. The first-order valence-corrected chi connectivity index (χ1v) is 7.97. The third-order valence-corrected chi connectivity index (χ3v) is 4.87. The highest BCUT2D eigenvalue weighted by molar-refractivity contribution is 6.39. The van der Waals surface area contributed by atoms with Crippen molar-refractivity contribution in [2.45, 2.75) is 44.8 Å². The molecule has 1 fully saturated rings. The second-order valence-corrected chi connectivity index (χ2v) is 6.22. The molecule has 0 radical (unpaired) electrons. The lowest BCUT2D eigenvalue weighted by Crippen LogP contribution is -2.19. The Balaban J connectivity index is 1.88. The van der Waals surface area contributed by atoms with E-state index in [0.29, 0.717) is 17.0 Å². The SMILES string of the molecule is O=C1CCCc2cc3c(cnn3C3CCCCO3)c(Cl)c21. The van der Waals surface area contributed by atoms with E-state index in [1.54, 1.807) is 6.20 Å². The Kier molecular flexibility index (Phi) is 3.23. The van der Waals surface area contributed by atoms with E-state index in [1.165, 1.54) is 0 Å². The quantitative estimate of drug-likeness (QED) is 0.802. The third-order valence-electron chi connectivity index (χ3n) is 4.48. The fourth-order valence-electron chi connectivity index (χ4n) is 3.41. The third kappa shape index (κ3) is 2.09. The number of Topliss-reactive ketones (excluding diaryl/α,β-unsaturated/α-hetero) is 1. The molecule has 1 aromatic carbocycles. The van der Waals surface area contributed by atoms with Gasteiger partial charge in [-0.3, -0.25) is 4.79 Å². The monoisotopic (exact) mass is 304 g/mol. The van der Waals surface area contributed by atoms with Gasteiger partial charge in [0.1, 0.15) is 0 Å². The number of benzene rings is 1. The lowest BCUT2D eigenvalue weighted by atomic mass is 9.89. The standard InChI is InChI=1S/C16H17ClN2O2/c17-16-11-9-18-19(14-6-1-2-7-21-14)12(11)8-10-4-3-5-13(20)15(10)16/h8-9,14H,1-7H2. The second-order valence-electron chi connectivity index (χ2n) is 5.84. The van der Waals surface area contributed by atoms with Gasteiger partial charge in [-0.25, -0.2) is 4.68 Å². The number of ether oxygens (including phenoxy) is 1. The summed E-state index contributed by atoms with van der Waals surface area (Å²) in [4.78, 5) is 12.1. The second kappa shape index (κ2) is 5.11. The highest BCUT2D eigenvalue weighted by atomic mass is 35.5. The van der Waals surface area contributed by atoms with Crippen molar-refractivity contribution in [3.05, 3.63) is 28.4 Å². The number of carbonyl (C=O) groups excluding carboxylic acids is 1. The molecular weight excluding hydrogens is 288 g/mol. The van der Waals surface area contributed by atoms with Crippen LogP contribution in [0.25, 0.3) is 10.9 Å². The van der Waals surface area contributed by atoms with Crippen molar-refractivity contribution in [3.8, 4) is 0 Å². The van der Waals surface area contributed by atoms with Crippen LogP contribution in [0.15, 0.2) is 12.3 Å². The average Bonchev–Trinajstić information content (AvgIpc) is 2.92. The first-order chi connectivity index (χ1) is 10.3. The number of halogens is 1. The van der Waals surface area contributed by atoms with Crippen molar-refractivity contribution >= 4 is 28.3 Å². The van der Waals surface area contributed by atoms with Gasteiger partial charge in [0.2, 0.25) is 0 Å². The van der Waals surface area contributed by atoms with Gasteiger partial charge >= 0.3 is 0 Å². The van der Waals surface area contributed by atoms with Crippen LogP contribution in [-0.4, -0.2) is 22.2 Å². The van der Waals surface area contributed by atoms with E-state index < -0.39 is 0 Å². The molecule has 1 saturated heterocycles. The summed E-state index contributed by atoms with van der Waals surface area (Å²) in [6, 6.07) is 2.08. The maximum Gasteiger partial charge on any atom is 0.164 e. The van der Waals surface area contributed by atoms with Crippen LogP contribution in [0.1, 0.15) is 54.3 Å². The van der Waals surface area contributed by atoms with Gasteiger partial charge in [-0.1, -0.05) is 11.6 Å². The van der Waals surface area contributed by atoms with Gasteiger partial charge in [0.15, 0.2) is 12.0 Å². The van der Waals surface area contributed by atoms with Crippen molar-refractivity contribution in [1.29, 1.82) is 0 Å². The Morgan fingerprint density at radius 3 is 3.00 bits per heavy atom. The lowest BCUT2D eigenvalue weighted by molar-refractivity contribution is -0.0366. The van der Waals surface area contributed by atoms with Gasteiger partial charge in [-0.2, -0.15) is 5.10 Å². The maximum absolute atomic E-state index is 12.1. The topological polar surface area (TPSA) is 44.1 Å². The first kappa shape index (κ1) is 13.3. The van der Waals surface area contributed by atoms with E-state index in [1.807, 2.05) is 4.68 Å². The summed E-state index contributed by atoms with van der Waals surface area (Å²) in [6.07, 6.45) is 7.41. The first-order valence-electron chi connectivity index (χ1n) is 7.59. The molecule has 2 aliphatic rings. The Hall–Kier alpha value is -1.39. The summed E-state index contributed by atoms with van der Waals surface area (Å²) in [7, 11) is 0. The molecule has 1 atom stereocenters. The summed E-state index contributed by atoms with van der Waals surface area (Å²) in [5, 5.41) is 5.90. The molecule has 4 nitrogen and oxygen atoms in total. The van der Waals surface area contributed by atoms with Crippen LogP contribution in [0.5, 0.6) is 0 Å². The molecule has 2 heterocycles. The van der Waals surface area contributed by atoms with Crippen molar-refractivity contribution in [3.63, 3.8) is 0 Å². The molecule has 4 rings (SSSR count). The van der Waals surface area contributed by atoms with Gasteiger partial charge in [-0.05, 0) is 43.7 Å². The summed E-state index contributed by atoms with van der Waals surface area (Å²) < 4.78 is 7.76. The maximum atomic E-state index is 12.1. The lowest BCUT2D eigenvalue weighted by Gasteiger charge is -2.24. The number of aryl methyl sites for hydroxylation is 1. The van der Waals surface area contributed by atoms with Crippen molar-refractivity contribution in [2.75, 3.05) is 6.61 Å². The molecule has 2 aromatic rings. The largest absolute Gasteiger partial charge is 0.356 e. The highest BCUT2D eigenvalue weighted by Crippen LogP contribution is 2.36. The summed E-state index contributed by atoms with van der Waals surface area (Å²) >= 11 is 6.49. The molecule has 1 aromatic heterocycles. The molecule has 110 valence electrons. The Morgan fingerprint density at radius 2 is 2.19 bits per heavy atom. The molecule has 1 unspecified atom stereocenters. The van der Waals surface area contributed by atoms with E-state index in [0.717, 1.165) is 55.2 Å². The van der Waals surface area contributed by atoms with Gasteiger partial charge in [0.25, 0.3) is 0 Å². The van der Waals surface area contributed by atoms with E-state index >= 15 is 0 Å². The number of ketones is 1. The number of rotatable bonds is 1. The summed E-state index contributed by atoms with van der Waals surface area (Å²) in [5.41, 5.74) is 2.75. The normalized spacial score (nSPS) is 22.5. The zero-order valence-corrected chi connectivity index (χ0v) is 12.5. The van der Waals surface area contributed by atoms with Crippen molar-refractivity contribution in [2.24, 2.45) is 0 Å². The fraction of sp³-hybridized carbons (Fsp3) is 0.500. The van der Waals surface area contributed by atoms with Gasteiger partial charge in [0.05, 0.1) is 16.7 Å². The number of hydrogen-bond donors (Lipinski definition) is 0. The predicted octanol–water partition coefficient (Wildman–Crippen LogP) is 3.91. The minimum atomic E-state index is -0.00958. The number of hydrogen-bond acceptors (Lipinski definition) is 3. The molecule has 0 saturated carbocycles. The minimum absolute atomic E-state index is 0.00958. The van der Waals surface area contributed by atoms with Crippen LogP contribution in [0, 0.1) is 0 Å². The Bertz CT molecular complexity index is 717. The number of nitrogens with zero attached hydrogens (tertiary/aromatic N) is 2. The van der Waals surface area contributed by atoms with Gasteiger partial charge < -0.3 is 4.74 Å². The van der Waals surface area contributed by atoms with Gasteiger partial charge in [0, 0.05) is 24.0 Å². The van der Waals surface area contributed by atoms with E-state index in [4.69, 9.17) is 16.3 Å². The van der Waals surface area contributed by atoms with Crippen molar-refractivity contribution < 1.29 is 9.53 Å². The van der Waals surface area contributed by atoms with Crippen LogP contribution >= 0.6 is 11.6 Å². The molecule has 0 spiro atoms. The highest BCUT2D eigenvalue weighted by Gasteiger charge is 2.25. The van der Waals surface area contributed by atoms with Crippen molar-refractivity contribution in [1.82, 2.24) is 9.78 Å². The van der Waals surface area contributed by atoms with Crippen LogP contribution in [0.2, 0.25) is 5.02 Å². The molecule has 0 amide bonds. The molecule has 5 heteroatoms. The Morgan fingerprint density at radius 1 is 1.29 bits per heavy atom. The zero-order chi connectivity index (χ0) is 14.4. The summed E-state index contributed by atoms with van der Waals surface area (Å²) in [5.74, 6) is 0.157. The number of fused-ring (bicyclic) bond motifs is 2. The average molecular weight is 305 g/mol. The fourth-order valence-corrected chi connectivity index (χ4v) is 3.78. The van der Waals surface area contributed by atoms with Crippen LogP contribution < -0.4 is 0 Å². The van der Waals surface area contributed by atoms with Gasteiger partial charge in [-0.15, -0.1) is 0 Å². The minimum Gasteiger partial charge on any atom is -0.356 e. The smallest absolute Gasteiger partial charge is 0.164 e.